The number of halogens is 1. The average molecular weight is 483 g/mol. The number of amides is 2. The number of ether oxygens (including phenoxy) is 2. The van der Waals surface area contributed by atoms with E-state index in [1.807, 2.05) is 49.4 Å². The van der Waals surface area contributed by atoms with Crippen LogP contribution in [0, 0.1) is 6.92 Å². The lowest BCUT2D eigenvalue weighted by atomic mass is 10.2. The summed E-state index contributed by atoms with van der Waals surface area (Å²) in [4.78, 5) is 24.8. The second-order valence-electron chi connectivity index (χ2n) is 6.70. The second-order valence-corrected chi connectivity index (χ2v) is 7.61. The predicted octanol–water partition coefficient (Wildman–Crippen LogP) is 4.58. The van der Waals surface area contributed by atoms with E-state index in [9.17, 15) is 9.59 Å². The molecule has 7 heteroatoms. The van der Waals surface area contributed by atoms with Gasteiger partial charge >= 0.3 is 0 Å². The lowest BCUT2D eigenvalue weighted by molar-refractivity contribution is -0.115. The maximum atomic E-state index is 12.6. The summed E-state index contributed by atoms with van der Waals surface area (Å²) in [6, 6.07) is 21.9. The fourth-order valence-electron chi connectivity index (χ4n) is 2.83. The Morgan fingerprint density at radius 3 is 2.39 bits per heavy atom. The second kappa shape index (κ2) is 11.2. The first-order valence-electron chi connectivity index (χ1n) is 9.77. The zero-order valence-electron chi connectivity index (χ0n) is 17.1. The van der Waals surface area contributed by atoms with Crippen LogP contribution in [-0.2, 0) is 4.79 Å². The SMILES string of the molecule is Cc1cc(Br)ccc1NC(=O)CNC(=O)c1ccccc1OCCOc1ccccc1. The molecule has 0 unspecified atom stereocenters. The van der Waals surface area contributed by atoms with Gasteiger partial charge in [-0.25, -0.2) is 0 Å². The van der Waals surface area contributed by atoms with Gasteiger partial charge in [0.25, 0.3) is 5.91 Å². The highest BCUT2D eigenvalue weighted by Gasteiger charge is 2.14. The van der Waals surface area contributed by atoms with Gasteiger partial charge in [-0.1, -0.05) is 46.3 Å². The molecule has 0 aliphatic rings. The summed E-state index contributed by atoms with van der Waals surface area (Å²) >= 11 is 3.39. The lowest BCUT2D eigenvalue weighted by Gasteiger charge is -2.13. The van der Waals surface area contributed by atoms with E-state index >= 15 is 0 Å². The lowest BCUT2D eigenvalue weighted by Crippen LogP contribution is -2.33. The van der Waals surface area contributed by atoms with Gasteiger partial charge in [0.2, 0.25) is 5.91 Å². The van der Waals surface area contributed by atoms with Crippen molar-refractivity contribution in [2.75, 3.05) is 25.1 Å². The predicted molar refractivity (Wildman–Crippen MR) is 124 cm³/mol. The molecule has 2 amide bonds. The van der Waals surface area contributed by atoms with E-state index in [4.69, 9.17) is 9.47 Å². The standard InChI is InChI=1S/C24H23BrN2O4/c1-17-15-18(25)11-12-21(17)27-23(28)16-26-24(29)20-9-5-6-10-22(20)31-14-13-30-19-7-3-2-4-8-19/h2-12,15H,13-14,16H2,1H3,(H,26,29)(H,27,28). The van der Waals surface area contributed by atoms with Crippen LogP contribution in [0.1, 0.15) is 15.9 Å². The van der Waals surface area contributed by atoms with Gasteiger partial charge < -0.3 is 20.1 Å². The number of nitrogens with one attached hydrogen (secondary N) is 2. The number of para-hydroxylation sites is 2. The molecular formula is C24H23BrN2O4. The molecule has 3 aromatic carbocycles. The molecule has 0 bridgehead atoms. The Morgan fingerprint density at radius 1 is 0.903 bits per heavy atom. The first kappa shape index (κ1) is 22.4. The minimum absolute atomic E-state index is 0.153. The molecule has 0 saturated heterocycles. The molecule has 31 heavy (non-hydrogen) atoms. The molecule has 2 N–H and O–H groups in total. The molecule has 0 radical (unpaired) electrons. The van der Waals surface area contributed by atoms with E-state index in [2.05, 4.69) is 26.6 Å². The third kappa shape index (κ3) is 6.86. The van der Waals surface area contributed by atoms with Gasteiger partial charge in [0.05, 0.1) is 12.1 Å². The van der Waals surface area contributed by atoms with Gasteiger partial charge in [0.1, 0.15) is 24.7 Å². The van der Waals surface area contributed by atoms with E-state index in [0.717, 1.165) is 15.8 Å². The van der Waals surface area contributed by atoms with Crippen molar-refractivity contribution in [2.45, 2.75) is 6.92 Å². The Hall–Kier alpha value is -3.32. The van der Waals surface area contributed by atoms with Crippen LogP contribution in [-0.4, -0.2) is 31.6 Å². The maximum Gasteiger partial charge on any atom is 0.255 e. The van der Waals surface area contributed by atoms with E-state index in [0.29, 0.717) is 23.6 Å². The Kier molecular flexibility index (Phi) is 8.06. The third-order valence-electron chi connectivity index (χ3n) is 4.36. The summed E-state index contributed by atoms with van der Waals surface area (Å²) in [5, 5.41) is 5.43. The molecule has 0 heterocycles. The van der Waals surface area contributed by atoms with Gasteiger partial charge in [-0.3, -0.25) is 9.59 Å². The Balaban J connectivity index is 1.50. The smallest absolute Gasteiger partial charge is 0.255 e. The minimum atomic E-state index is -0.387. The highest BCUT2D eigenvalue weighted by Crippen LogP contribution is 2.20. The van der Waals surface area contributed by atoms with Crippen molar-refractivity contribution >= 4 is 33.4 Å². The van der Waals surface area contributed by atoms with Gasteiger partial charge in [-0.2, -0.15) is 0 Å². The summed E-state index contributed by atoms with van der Waals surface area (Å²) in [5.41, 5.74) is 1.98. The average Bonchev–Trinajstić information content (AvgIpc) is 2.78. The molecule has 0 aliphatic heterocycles. The van der Waals surface area contributed by atoms with Crippen molar-refractivity contribution < 1.29 is 19.1 Å². The van der Waals surface area contributed by atoms with Crippen LogP contribution >= 0.6 is 15.9 Å². The number of carbonyl (C=O) groups excluding carboxylic acids is 2. The normalized spacial score (nSPS) is 10.3. The van der Waals surface area contributed by atoms with E-state index in [1.54, 1.807) is 30.3 Å². The fraction of sp³-hybridized carbons (Fsp3) is 0.167. The highest BCUT2D eigenvalue weighted by atomic mass is 79.9. The van der Waals surface area contributed by atoms with Crippen molar-refractivity contribution in [3.63, 3.8) is 0 Å². The molecular weight excluding hydrogens is 460 g/mol. The monoisotopic (exact) mass is 482 g/mol. The van der Waals surface area contributed by atoms with E-state index < -0.39 is 0 Å². The number of hydrogen-bond donors (Lipinski definition) is 2. The van der Waals surface area contributed by atoms with Crippen molar-refractivity contribution in [1.29, 1.82) is 0 Å². The zero-order valence-corrected chi connectivity index (χ0v) is 18.6. The number of benzene rings is 3. The quantitative estimate of drug-likeness (QED) is 0.437. The van der Waals surface area contributed by atoms with E-state index in [-0.39, 0.29) is 25.0 Å². The molecule has 3 rings (SSSR count). The summed E-state index contributed by atoms with van der Waals surface area (Å²) in [7, 11) is 0. The Morgan fingerprint density at radius 2 is 1.61 bits per heavy atom. The number of hydrogen-bond acceptors (Lipinski definition) is 4. The molecule has 0 aromatic heterocycles. The third-order valence-corrected chi connectivity index (χ3v) is 4.85. The van der Waals surface area contributed by atoms with E-state index in [1.165, 1.54) is 0 Å². The highest BCUT2D eigenvalue weighted by molar-refractivity contribution is 9.10. The van der Waals surface area contributed by atoms with Crippen LogP contribution in [0.4, 0.5) is 5.69 Å². The van der Waals surface area contributed by atoms with Crippen molar-refractivity contribution in [2.24, 2.45) is 0 Å². The molecule has 3 aromatic rings. The maximum absolute atomic E-state index is 12.6. The molecule has 0 atom stereocenters. The van der Waals surface area contributed by atoms with Crippen molar-refractivity contribution in [3.05, 3.63) is 88.4 Å². The fourth-order valence-corrected chi connectivity index (χ4v) is 3.30. The first-order chi connectivity index (χ1) is 15.0. The summed E-state index contributed by atoms with van der Waals surface area (Å²) in [5.74, 6) is 0.487. The van der Waals surface area contributed by atoms with Crippen molar-refractivity contribution in [3.8, 4) is 11.5 Å². The van der Waals surface area contributed by atoms with Crippen molar-refractivity contribution in [1.82, 2.24) is 5.32 Å². The Bertz CT molecular complexity index is 1040. The van der Waals surface area contributed by atoms with Crippen LogP contribution in [0.2, 0.25) is 0 Å². The van der Waals surface area contributed by atoms with Crippen LogP contribution in [0.5, 0.6) is 11.5 Å². The summed E-state index contributed by atoms with van der Waals surface area (Å²) < 4.78 is 12.3. The van der Waals surface area contributed by atoms with Gasteiger partial charge in [0, 0.05) is 10.2 Å². The first-order valence-corrected chi connectivity index (χ1v) is 10.6. The number of anilines is 1. The largest absolute Gasteiger partial charge is 0.490 e. The summed E-state index contributed by atoms with van der Waals surface area (Å²) in [6.45, 7) is 2.37. The van der Waals surface area contributed by atoms with Crippen LogP contribution < -0.4 is 20.1 Å². The van der Waals surface area contributed by atoms with Gasteiger partial charge in [-0.15, -0.1) is 0 Å². The molecule has 0 spiro atoms. The minimum Gasteiger partial charge on any atom is -0.490 e. The summed E-state index contributed by atoms with van der Waals surface area (Å²) in [6.07, 6.45) is 0. The van der Waals surface area contributed by atoms with Gasteiger partial charge in [-0.05, 0) is 55.0 Å². The number of carbonyl (C=O) groups is 2. The molecule has 0 saturated carbocycles. The Labute approximate surface area is 189 Å². The zero-order chi connectivity index (χ0) is 22.1. The molecule has 0 fully saturated rings. The van der Waals surface area contributed by atoms with Gasteiger partial charge in [0.15, 0.2) is 0 Å². The van der Waals surface area contributed by atoms with Crippen LogP contribution in [0.3, 0.4) is 0 Å². The molecule has 0 aliphatic carbocycles. The van der Waals surface area contributed by atoms with Crippen LogP contribution in [0.15, 0.2) is 77.3 Å². The topological polar surface area (TPSA) is 76.7 Å². The van der Waals surface area contributed by atoms with Crippen LogP contribution in [0.25, 0.3) is 0 Å². The molecule has 160 valence electrons. The number of rotatable bonds is 9. The molecule has 6 nitrogen and oxygen atoms in total. The number of aryl methyl sites for hydroxylation is 1.